The van der Waals surface area contributed by atoms with Crippen LogP contribution in [0.3, 0.4) is 0 Å². The highest BCUT2D eigenvalue weighted by atomic mass is 32.2. The number of piperidine rings is 1. The van der Waals surface area contributed by atoms with E-state index in [9.17, 15) is 36.0 Å². The number of carbonyl (C=O) groups excluding carboxylic acids is 3. The quantitative estimate of drug-likeness (QED) is 0.519. The Morgan fingerprint density at radius 1 is 1.18 bits per heavy atom. The number of alkyl halides is 3. The molecule has 39 heavy (non-hydrogen) atoms. The maximum absolute atomic E-state index is 15.4. The van der Waals surface area contributed by atoms with E-state index in [0.29, 0.717) is 12.5 Å². The molecule has 208 valence electrons. The van der Waals surface area contributed by atoms with E-state index in [4.69, 9.17) is 5.73 Å². The number of halogens is 4. The number of nitrogens with zero attached hydrogens (tertiary/aromatic N) is 1. The molecule has 0 bridgehead atoms. The van der Waals surface area contributed by atoms with Crippen molar-refractivity contribution in [3.8, 4) is 0 Å². The second-order valence-corrected chi connectivity index (χ2v) is 12.5. The molecule has 3 N–H and O–H groups in total. The molecule has 3 aliphatic rings. The molecule has 5 atom stereocenters. The minimum Gasteiger partial charge on any atom is -0.368 e. The number of likely N-dealkylation sites (tertiary alicyclic amines) is 1. The molecular formula is C26H25F4N3O5S. The summed E-state index contributed by atoms with van der Waals surface area (Å²) in [4.78, 5) is 39.8. The topological polar surface area (TPSA) is 127 Å². The van der Waals surface area contributed by atoms with Crippen molar-refractivity contribution in [3.05, 3.63) is 65.0 Å². The third-order valence-corrected chi connectivity index (χ3v) is 9.24. The van der Waals surface area contributed by atoms with E-state index < -0.39 is 62.6 Å². The number of hydrogen-bond donors (Lipinski definition) is 2. The molecule has 2 aliphatic heterocycles. The second-order valence-electron chi connectivity index (χ2n) is 10.5. The first kappa shape index (κ1) is 27.1. The first-order valence-electron chi connectivity index (χ1n) is 12.2. The first-order chi connectivity index (χ1) is 18.1. The van der Waals surface area contributed by atoms with Gasteiger partial charge in [0.2, 0.25) is 11.8 Å². The molecule has 1 aliphatic carbocycles. The van der Waals surface area contributed by atoms with Crippen molar-refractivity contribution in [1.82, 2.24) is 10.2 Å². The number of fused-ring (bicyclic) bond motifs is 1. The fraction of sp³-hybridized carbons (Fsp3) is 0.423. The van der Waals surface area contributed by atoms with Crippen LogP contribution in [0.1, 0.15) is 46.7 Å². The number of rotatable bonds is 6. The zero-order valence-electron chi connectivity index (χ0n) is 20.7. The Bertz CT molecular complexity index is 1490. The van der Waals surface area contributed by atoms with Crippen molar-refractivity contribution in [3.63, 3.8) is 0 Å². The predicted molar refractivity (Wildman–Crippen MR) is 129 cm³/mol. The molecule has 1 saturated carbocycles. The van der Waals surface area contributed by atoms with Crippen LogP contribution in [0.5, 0.6) is 0 Å². The molecule has 2 heterocycles. The van der Waals surface area contributed by atoms with Gasteiger partial charge in [0, 0.05) is 30.7 Å². The summed E-state index contributed by atoms with van der Waals surface area (Å²) in [5.41, 5.74) is 3.13. The normalized spacial score (nSPS) is 27.2. The van der Waals surface area contributed by atoms with Crippen LogP contribution in [0.4, 0.5) is 17.6 Å². The zero-order chi connectivity index (χ0) is 28.5. The number of nitrogens with one attached hydrogen (secondary N) is 1. The monoisotopic (exact) mass is 567 g/mol. The lowest BCUT2D eigenvalue weighted by molar-refractivity contribution is -0.137. The van der Waals surface area contributed by atoms with Crippen LogP contribution in [0.15, 0.2) is 47.4 Å². The standard InChI is InChI=1S/C26H25F4N3O5S/c1-39(37,38)17-4-2-3-13(7-17)24(36)33-20(23(31)35)10-16-11-25(16,33)22(14-8-21(34)32-12-14)18-6-5-15(9-19(18)27)26(28,29)30/h2-7,9,14,16,20,22H,8,10-12H2,1H3,(H2,31,35)(H,32,34)/t14-,16?,20?,22+,25?/m1/s1. The molecule has 2 aromatic carbocycles. The van der Waals surface area contributed by atoms with Gasteiger partial charge in [0.05, 0.1) is 16.0 Å². The molecule has 3 unspecified atom stereocenters. The summed E-state index contributed by atoms with van der Waals surface area (Å²) in [5, 5.41) is 2.66. The molecule has 5 rings (SSSR count). The molecule has 2 aromatic rings. The summed E-state index contributed by atoms with van der Waals surface area (Å²) in [6, 6.07) is 6.31. The summed E-state index contributed by atoms with van der Waals surface area (Å²) >= 11 is 0. The Balaban J connectivity index is 1.65. The van der Waals surface area contributed by atoms with Gasteiger partial charge in [0.25, 0.3) is 5.91 Å². The molecule has 8 nitrogen and oxygen atoms in total. The molecule has 0 aromatic heterocycles. The van der Waals surface area contributed by atoms with Gasteiger partial charge < -0.3 is 16.0 Å². The lowest BCUT2D eigenvalue weighted by Crippen LogP contribution is -2.54. The Morgan fingerprint density at radius 2 is 1.90 bits per heavy atom. The van der Waals surface area contributed by atoms with Crippen molar-refractivity contribution >= 4 is 27.6 Å². The fourth-order valence-electron chi connectivity index (χ4n) is 6.44. The Morgan fingerprint density at radius 3 is 2.46 bits per heavy atom. The summed E-state index contributed by atoms with van der Waals surface area (Å²) in [6.45, 7) is 0.102. The van der Waals surface area contributed by atoms with Gasteiger partial charge in [-0.2, -0.15) is 13.2 Å². The zero-order valence-corrected chi connectivity index (χ0v) is 21.5. The molecule has 3 amide bonds. The van der Waals surface area contributed by atoms with E-state index in [1.165, 1.54) is 29.2 Å². The fourth-order valence-corrected chi connectivity index (χ4v) is 7.10. The van der Waals surface area contributed by atoms with E-state index in [2.05, 4.69) is 5.32 Å². The number of nitrogens with two attached hydrogens (primary N) is 1. The summed E-state index contributed by atoms with van der Waals surface area (Å²) in [6.07, 6.45) is -3.39. The van der Waals surface area contributed by atoms with Gasteiger partial charge in [0.1, 0.15) is 11.9 Å². The van der Waals surface area contributed by atoms with E-state index in [1.54, 1.807) is 0 Å². The van der Waals surface area contributed by atoms with Crippen molar-refractivity contribution in [2.45, 2.75) is 47.8 Å². The van der Waals surface area contributed by atoms with Crippen molar-refractivity contribution in [2.75, 3.05) is 12.8 Å². The maximum atomic E-state index is 15.4. The van der Waals surface area contributed by atoms with E-state index in [-0.39, 0.29) is 47.2 Å². The molecule has 0 radical (unpaired) electrons. The Kier molecular flexibility index (Phi) is 6.28. The lowest BCUT2D eigenvalue weighted by atomic mass is 9.76. The predicted octanol–water partition coefficient (Wildman–Crippen LogP) is 2.63. The van der Waals surface area contributed by atoms with Crippen LogP contribution in [0.25, 0.3) is 0 Å². The van der Waals surface area contributed by atoms with Crippen LogP contribution >= 0.6 is 0 Å². The first-order valence-corrected chi connectivity index (χ1v) is 14.1. The van der Waals surface area contributed by atoms with Gasteiger partial charge in [-0.1, -0.05) is 12.1 Å². The largest absolute Gasteiger partial charge is 0.416 e. The van der Waals surface area contributed by atoms with Gasteiger partial charge in [-0.25, -0.2) is 12.8 Å². The third-order valence-electron chi connectivity index (χ3n) is 8.13. The highest BCUT2D eigenvalue weighted by Crippen LogP contribution is 2.67. The number of hydrogen-bond acceptors (Lipinski definition) is 5. The smallest absolute Gasteiger partial charge is 0.368 e. The number of benzene rings is 2. The average Bonchev–Trinajstić information content (AvgIpc) is 3.20. The Labute approximate surface area is 221 Å². The average molecular weight is 568 g/mol. The minimum absolute atomic E-state index is 0.0386. The van der Waals surface area contributed by atoms with Crippen molar-refractivity contribution in [1.29, 1.82) is 0 Å². The van der Waals surface area contributed by atoms with Gasteiger partial charge in [-0.15, -0.1) is 0 Å². The summed E-state index contributed by atoms with van der Waals surface area (Å²) in [5.74, 6) is -4.84. The number of primary amides is 1. The summed E-state index contributed by atoms with van der Waals surface area (Å²) in [7, 11) is -3.68. The lowest BCUT2D eigenvalue weighted by Gasteiger charge is -2.40. The van der Waals surface area contributed by atoms with Crippen molar-refractivity contribution in [2.24, 2.45) is 17.6 Å². The van der Waals surface area contributed by atoms with E-state index in [0.717, 1.165) is 18.4 Å². The second kappa shape index (κ2) is 9.04. The molecule has 13 heteroatoms. The molecule has 0 spiro atoms. The SMILES string of the molecule is CS(=O)(=O)c1cccc(C(=O)N2C(C(N)=O)CC3CC32[C@H](c2ccc(C(F)(F)F)cc2F)[C@H]2CNC(=O)C2)c1. The number of sulfone groups is 1. The third kappa shape index (κ3) is 4.56. The van der Waals surface area contributed by atoms with Gasteiger partial charge in [-0.3, -0.25) is 14.4 Å². The van der Waals surface area contributed by atoms with Gasteiger partial charge >= 0.3 is 6.18 Å². The van der Waals surface area contributed by atoms with Crippen LogP contribution in [0, 0.1) is 17.7 Å². The highest BCUT2D eigenvalue weighted by Gasteiger charge is 2.72. The molecule has 3 fully saturated rings. The number of carbonyl (C=O) groups is 3. The highest BCUT2D eigenvalue weighted by molar-refractivity contribution is 7.90. The molecular weight excluding hydrogens is 542 g/mol. The van der Waals surface area contributed by atoms with Gasteiger partial charge in [0.15, 0.2) is 9.84 Å². The summed E-state index contributed by atoms with van der Waals surface area (Å²) < 4.78 is 79.5. The van der Waals surface area contributed by atoms with E-state index in [1.807, 2.05) is 0 Å². The maximum Gasteiger partial charge on any atom is 0.416 e. The van der Waals surface area contributed by atoms with Crippen LogP contribution in [-0.2, 0) is 25.6 Å². The van der Waals surface area contributed by atoms with Crippen LogP contribution in [-0.4, -0.2) is 55.4 Å². The number of amides is 3. The van der Waals surface area contributed by atoms with Crippen LogP contribution < -0.4 is 11.1 Å². The van der Waals surface area contributed by atoms with Gasteiger partial charge in [-0.05, 0) is 60.6 Å². The van der Waals surface area contributed by atoms with Crippen molar-refractivity contribution < 1.29 is 40.4 Å². The van der Waals surface area contributed by atoms with E-state index >= 15 is 4.39 Å². The molecule has 2 saturated heterocycles. The Hall–Kier alpha value is -3.48. The minimum atomic E-state index is -4.78. The van der Waals surface area contributed by atoms with Crippen LogP contribution in [0.2, 0.25) is 0 Å².